The topological polar surface area (TPSA) is 70.9 Å². The molecule has 1 aliphatic rings. The molecule has 0 atom stereocenters. The molecule has 2 aromatic heterocycles. The van der Waals surface area contributed by atoms with E-state index < -0.39 is 11.6 Å². The number of aromatic amines is 1. The first-order valence-electron chi connectivity index (χ1n) is 9.90. The molecule has 4 aromatic rings. The number of hydrogen-bond donors (Lipinski definition) is 2. The fourth-order valence-corrected chi connectivity index (χ4v) is 4.23. The van der Waals surface area contributed by atoms with Crippen molar-refractivity contribution in [2.45, 2.75) is 25.7 Å². The maximum Gasteiger partial charge on any atom is 0.228 e. The molecule has 0 bridgehead atoms. The highest BCUT2D eigenvalue weighted by Crippen LogP contribution is 2.48. The van der Waals surface area contributed by atoms with Gasteiger partial charge in [-0.3, -0.25) is 4.79 Å². The van der Waals surface area contributed by atoms with Crippen LogP contribution in [-0.4, -0.2) is 16.0 Å². The molecule has 0 saturated heterocycles. The van der Waals surface area contributed by atoms with Crippen LogP contribution < -0.4 is 5.32 Å². The molecule has 8 heteroatoms. The third-order valence-corrected chi connectivity index (χ3v) is 5.79. The minimum atomic E-state index is -0.695. The van der Waals surface area contributed by atoms with Crippen molar-refractivity contribution in [3.8, 4) is 11.3 Å². The number of carbonyl (C=O) groups excluding carboxylic acids is 1. The number of halogens is 3. The Hall–Kier alpha value is -3.55. The van der Waals surface area contributed by atoms with Crippen LogP contribution in [0.2, 0.25) is 0 Å². The molecule has 158 valence electrons. The second kappa shape index (κ2) is 7.30. The standard InChI is InChI=1S/C23H18F3N3O2/c1-11-6-19(29-31-11)27-23(30)14-7-13(8-14)20-17-9-16(25)10-18(26)22(17)28-21(20)12-2-4-15(24)5-3-12/h2-6,9-10,13-14,28H,7-8H2,1H3,(H,27,29,30)/t13-,14-. The van der Waals surface area contributed by atoms with Gasteiger partial charge in [0.2, 0.25) is 5.91 Å². The van der Waals surface area contributed by atoms with Crippen LogP contribution >= 0.6 is 0 Å². The van der Waals surface area contributed by atoms with Crippen LogP contribution in [-0.2, 0) is 4.79 Å². The van der Waals surface area contributed by atoms with Crippen molar-refractivity contribution in [2.75, 3.05) is 5.32 Å². The van der Waals surface area contributed by atoms with Crippen LogP contribution in [0.25, 0.3) is 22.2 Å². The van der Waals surface area contributed by atoms with Gasteiger partial charge in [0.05, 0.1) is 11.2 Å². The number of benzene rings is 2. The fraction of sp³-hybridized carbons (Fsp3) is 0.217. The second-order valence-corrected chi connectivity index (χ2v) is 7.91. The molecular formula is C23H18F3N3O2. The zero-order chi connectivity index (χ0) is 21.7. The number of aryl methyl sites for hydroxylation is 1. The number of nitrogens with zero attached hydrogens (tertiary/aromatic N) is 1. The van der Waals surface area contributed by atoms with Gasteiger partial charge in [0.1, 0.15) is 23.2 Å². The van der Waals surface area contributed by atoms with Crippen molar-refractivity contribution < 1.29 is 22.5 Å². The van der Waals surface area contributed by atoms with Crippen LogP contribution in [0, 0.1) is 30.3 Å². The molecule has 0 unspecified atom stereocenters. The lowest BCUT2D eigenvalue weighted by Crippen LogP contribution is -2.33. The number of fused-ring (bicyclic) bond motifs is 1. The van der Waals surface area contributed by atoms with Gasteiger partial charge in [-0.15, -0.1) is 0 Å². The van der Waals surface area contributed by atoms with Crippen LogP contribution in [0.3, 0.4) is 0 Å². The maximum absolute atomic E-state index is 14.4. The molecule has 2 aromatic carbocycles. The van der Waals surface area contributed by atoms with E-state index in [1.165, 1.54) is 18.2 Å². The molecule has 0 spiro atoms. The van der Waals surface area contributed by atoms with E-state index in [4.69, 9.17) is 4.52 Å². The molecule has 5 nitrogen and oxygen atoms in total. The molecule has 0 aliphatic heterocycles. The van der Waals surface area contributed by atoms with E-state index in [2.05, 4.69) is 15.5 Å². The Labute approximate surface area is 175 Å². The van der Waals surface area contributed by atoms with Gasteiger partial charge in [-0.2, -0.15) is 0 Å². The Bertz CT molecular complexity index is 1290. The summed E-state index contributed by atoms with van der Waals surface area (Å²) in [5.41, 5.74) is 2.21. The summed E-state index contributed by atoms with van der Waals surface area (Å²) >= 11 is 0. The second-order valence-electron chi connectivity index (χ2n) is 7.91. The summed E-state index contributed by atoms with van der Waals surface area (Å²) in [6.45, 7) is 1.73. The fourth-order valence-electron chi connectivity index (χ4n) is 4.23. The van der Waals surface area contributed by atoms with Crippen molar-refractivity contribution in [1.82, 2.24) is 10.1 Å². The summed E-state index contributed by atoms with van der Waals surface area (Å²) in [4.78, 5) is 15.6. The van der Waals surface area contributed by atoms with E-state index in [1.54, 1.807) is 25.1 Å². The Balaban J connectivity index is 1.47. The van der Waals surface area contributed by atoms with Crippen LogP contribution in [0.1, 0.15) is 30.1 Å². The van der Waals surface area contributed by atoms with Crippen molar-refractivity contribution in [1.29, 1.82) is 0 Å². The third kappa shape index (κ3) is 3.48. The summed E-state index contributed by atoms with van der Waals surface area (Å²) in [5.74, 6) is -1.32. The Kier molecular flexibility index (Phi) is 4.57. The summed E-state index contributed by atoms with van der Waals surface area (Å²) in [5, 5.41) is 6.92. The molecule has 1 saturated carbocycles. The highest BCUT2D eigenvalue weighted by atomic mass is 19.1. The van der Waals surface area contributed by atoms with E-state index >= 15 is 0 Å². The van der Waals surface area contributed by atoms with Crippen LogP contribution in [0.4, 0.5) is 19.0 Å². The number of carbonyl (C=O) groups is 1. The summed E-state index contributed by atoms with van der Waals surface area (Å²) in [7, 11) is 0. The third-order valence-electron chi connectivity index (χ3n) is 5.79. The molecule has 0 radical (unpaired) electrons. The molecule has 1 fully saturated rings. The van der Waals surface area contributed by atoms with Gasteiger partial charge < -0.3 is 14.8 Å². The first-order chi connectivity index (χ1) is 14.9. The predicted octanol–water partition coefficient (Wildman–Crippen LogP) is 5.68. The van der Waals surface area contributed by atoms with Crippen molar-refractivity contribution in [2.24, 2.45) is 5.92 Å². The number of H-pyrrole nitrogens is 1. The summed E-state index contributed by atoms with van der Waals surface area (Å²) in [6, 6.07) is 9.57. The summed E-state index contributed by atoms with van der Waals surface area (Å²) < 4.78 is 46.8. The predicted molar refractivity (Wildman–Crippen MR) is 109 cm³/mol. The van der Waals surface area contributed by atoms with Crippen molar-refractivity contribution in [3.63, 3.8) is 0 Å². The number of aromatic nitrogens is 2. The lowest BCUT2D eigenvalue weighted by molar-refractivity contribution is -0.122. The van der Waals surface area contributed by atoms with Gasteiger partial charge in [-0.05, 0) is 67.1 Å². The largest absolute Gasteiger partial charge is 0.360 e. The van der Waals surface area contributed by atoms with Gasteiger partial charge >= 0.3 is 0 Å². The molecule has 31 heavy (non-hydrogen) atoms. The lowest BCUT2D eigenvalue weighted by atomic mass is 9.70. The molecule has 1 aliphatic carbocycles. The van der Waals surface area contributed by atoms with Crippen LogP contribution in [0.15, 0.2) is 47.0 Å². The van der Waals surface area contributed by atoms with E-state index in [-0.39, 0.29) is 29.1 Å². The van der Waals surface area contributed by atoms with Gasteiger partial charge in [0, 0.05) is 23.4 Å². The average molecular weight is 425 g/mol. The smallest absolute Gasteiger partial charge is 0.228 e. The molecule has 2 heterocycles. The molecule has 5 rings (SSSR count). The first kappa shape index (κ1) is 19.4. The van der Waals surface area contributed by atoms with E-state index in [9.17, 15) is 18.0 Å². The van der Waals surface area contributed by atoms with Gasteiger partial charge in [-0.1, -0.05) is 5.16 Å². The minimum absolute atomic E-state index is 0.0789. The Morgan fingerprint density at radius 2 is 1.84 bits per heavy atom. The highest BCUT2D eigenvalue weighted by Gasteiger charge is 2.38. The van der Waals surface area contributed by atoms with E-state index in [0.717, 1.165) is 11.6 Å². The lowest BCUT2D eigenvalue weighted by Gasteiger charge is -2.34. The normalized spacial score (nSPS) is 18.2. The highest BCUT2D eigenvalue weighted by molar-refractivity contribution is 5.95. The van der Waals surface area contributed by atoms with Crippen LogP contribution in [0.5, 0.6) is 0 Å². The Morgan fingerprint density at radius 3 is 2.52 bits per heavy atom. The van der Waals surface area contributed by atoms with E-state index in [1.807, 2.05) is 0 Å². The number of anilines is 1. The molecule has 2 N–H and O–H groups in total. The SMILES string of the molecule is Cc1cc(NC(=O)[C@H]2C[C@H](c3c(-c4ccc(F)cc4)[nH]c4c(F)cc(F)cc43)C2)no1. The van der Waals surface area contributed by atoms with E-state index in [0.29, 0.717) is 41.1 Å². The quantitative estimate of drug-likeness (QED) is 0.442. The number of rotatable bonds is 4. The zero-order valence-corrected chi connectivity index (χ0v) is 16.5. The van der Waals surface area contributed by atoms with Gasteiger partial charge in [0.15, 0.2) is 5.82 Å². The summed E-state index contributed by atoms with van der Waals surface area (Å²) in [6.07, 6.45) is 1.03. The number of nitrogens with one attached hydrogen (secondary N) is 2. The van der Waals surface area contributed by atoms with Crippen molar-refractivity contribution in [3.05, 3.63) is 71.2 Å². The number of hydrogen-bond acceptors (Lipinski definition) is 3. The maximum atomic E-state index is 14.4. The van der Waals surface area contributed by atoms with Crippen molar-refractivity contribution >= 4 is 22.6 Å². The first-order valence-corrected chi connectivity index (χ1v) is 9.90. The Morgan fingerprint density at radius 1 is 1.10 bits per heavy atom. The zero-order valence-electron chi connectivity index (χ0n) is 16.5. The van der Waals surface area contributed by atoms with Gasteiger partial charge in [0.25, 0.3) is 0 Å². The minimum Gasteiger partial charge on any atom is -0.360 e. The van der Waals surface area contributed by atoms with Gasteiger partial charge in [-0.25, -0.2) is 13.2 Å². The average Bonchev–Trinajstić information content (AvgIpc) is 3.25. The number of amides is 1. The molecule has 1 amide bonds. The molecular weight excluding hydrogens is 407 g/mol. The monoisotopic (exact) mass is 425 g/mol.